The van der Waals surface area contributed by atoms with Gasteiger partial charge in [-0.2, -0.15) is 5.10 Å². The summed E-state index contributed by atoms with van der Waals surface area (Å²) in [7, 11) is -3.57. The second-order valence-electron chi connectivity index (χ2n) is 6.10. The predicted octanol–water partition coefficient (Wildman–Crippen LogP) is 0.847. The highest BCUT2D eigenvalue weighted by Crippen LogP contribution is 2.24. The number of amides is 1. The van der Waals surface area contributed by atoms with E-state index in [4.69, 9.17) is 0 Å². The van der Waals surface area contributed by atoms with Gasteiger partial charge in [0.1, 0.15) is 12.4 Å². The Morgan fingerprint density at radius 3 is 2.42 bits per heavy atom. The first kappa shape index (κ1) is 18.2. The zero-order valence-corrected chi connectivity index (χ0v) is 14.7. The topological polar surface area (TPSA) is 89.3 Å². The maximum Gasteiger partial charge on any atom is 0.267 e. The Morgan fingerprint density at radius 2 is 1.81 bits per heavy atom. The van der Waals surface area contributed by atoms with Crippen molar-refractivity contribution >= 4 is 15.7 Å². The zero-order chi connectivity index (χ0) is 18.7. The molecule has 3 rings (SSSR count). The fraction of sp³-hybridized carbons (Fsp3) is 0.353. The molecule has 1 fully saturated rings. The molecule has 0 N–H and O–H groups in total. The number of aromatic nitrogens is 2. The Morgan fingerprint density at radius 1 is 1.15 bits per heavy atom. The number of likely N-dealkylation sites (tertiary alicyclic amines) is 1. The van der Waals surface area contributed by atoms with Gasteiger partial charge >= 0.3 is 0 Å². The van der Waals surface area contributed by atoms with Crippen LogP contribution in [-0.4, -0.2) is 47.3 Å². The summed E-state index contributed by atoms with van der Waals surface area (Å²) in [6, 6.07) is 7.58. The van der Waals surface area contributed by atoms with Crippen LogP contribution in [0.2, 0.25) is 0 Å². The average Bonchev–Trinajstić information content (AvgIpc) is 2.64. The maximum atomic E-state index is 13.0. The number of carbonyl (C=O) groups is 1. The normalized spacial score (nSPS) is 15.8. The molecule has 0 atom stereocenters. The number of rotatable bonds is 4. The molecule has 1 aliphatic rings. The summed E-state index contributed by atoms with van der Waals surface area (Å²) in [6.45, 7) is 0.395. The van der Waals surface area contributed by atoms with E-state index < -0.39 is 20.9 Å². The number of hydrogen-bond donors (Lipinski definition) is 0. The Labute approximate surface area is 150 Å². The fourth-order valence-corrected chi connectivity index (χ4v) is 4.70. The lowest BCUT2D eigenvalue weighted by atomic mass is 10.1. The van der Waals surface area contributed by atoms with Crippen LogP contribution >= 0.6 is 0 Å². The summed E-state index contributed by atoms with van der Waals surface area (Å²) < 4.78 is 39.3. The number of piperidine rings is 1. The summed E-state index contributed by atoms with van der Waals surface area (Å²) in [4.78, 5) is 25.6. The van der Waals surface area contributed by atoms with Gasteiger partial charge in [-0.05, 0) is 43.2 Å². The molecule has 9 heteroatoms. The van der Waals surface area contributed by atoms with Crippen molar-refractivity contribution in [2.45, 2.75) is 29.5 Å². The van der Waals surface area contributed by atoms with Gasteiger partial charge in [-0.25, -0.2) is 17.5 Å². The zero-order valence-electron chi connectivity index (χ0n) is 13.9. The van der Waals surface area contributed by atoms with E-state index >= 15 is 0 Å². The van der Waals surface area contributed by atoms with E-state index in [1.807, 2.05) is 0 Å². The first-order valence-corrected chi connectivity index (χ1v) is 9.72. The molecule has 138 valence electrons. The summed E-state index contributed by atoms with van der Waals surface area (Å²) in [5, 5.41) is 3.23. The molecular formula is C17H18FN3O4S. The van der Waals surface area contributed by atoms with Gasteiger partial charge < -0.3 is 4.90 Å². The van der Waals surface area contributed by atoms with Crippen molar-refractivity contribution in [1.82, 2.24) is 14.7 Å². The quantitative estimate of drug-likeness (QED) is 0.735. The second kappa shape index (κ2) is 7.36. The van der Waals surface area contributed by atoms with Gasteiger partial charge in [-0.1, -0.05) is 0 Å². The Kier molecular flexibility index (Phi) is 5.17. The third-order valence-corrected chi connectivity index (χ3v) is 6.72. The van der Waals surface area contributed by atoms with Crippen molar-refractivity contribution in [2.24, 2.45) is 0 Å². The number of sulfone groups is 1. The third kappa shape index (κ3) is 3.82. The van der Waals surface area contributed by atoms with Crippen molar-refractivity contribution < 1.29 is 17.6 Å². The minimum Gasteiger partial charge on any atom is -0.341 e. The van der Waals surface area contributed by atoms with E-state index in [2.05, 4.69) is 5.10 Å². The number of hydrogen-bond acceptors (Lipinski definition) is 5. The molecule has 0 aliphatic carbocycles. The summed E-state index contributed by atoms with van der Waals surface area (Å²) in [5.41, 5.74) is -0.366. The molecule has 0 saturated carbocycles. The minimum absolute atomic E-state index is 0.0868. The van der Waals surface area contributed by atoms with Gasteiger partial charge in [0.2, 0.25) is 5.91 Å². The van der Waals surface area contributed by atoms with E-state index in [1.54, 1.807) is 0 Å². The summed E-state index contributed by atoms with van der Waals surface area (Å²) >= 11 is 0. The lowest BCUT2D eigenvalue weighted by Gasteiger charge is -2.31. The highest BCUT2D eigenvalue weighted by atomic mass is 32.2. The molecule has 2 aromatic rings. The molecule has 2 heterocycles. The molecule has 1 saturated heterocycles. The second-order valence-corrected chi connectivity index (χ2v) is 8.33. The predicted molar refractivity (Wildman–Crippen MR) is 91.7 cm³/mol. The lowest BCUT2D eigenvalue weighted by Crippen LogP contribution is -2.44. The molecule has 0 spiro atoms. The van der Waals surface area contributed by atoms with Crippen LogP contribution in [-0.2, 0) is 21.2 Å². The number of halogens is 1. The monoisotopic (exact) mass is 379 g/mol. The van der Waals surface area contributed by atoms with Gasteiger partial charge in [-0.15, -0.1) is 0 Å². The van der Waals surface area contributed by atoms with Crippen molar-refractivity contribution in [1.29, 1.82) is 0 Å². The van der Waals surface area contributed by atoms with Crippen LogP contribution in [0.25, 0.3) is 0 Å². The van der Waals surface area contributed by atoms with Crippen LogP contribution in [0.5, 0.6) is 0 Å². The van der Waals surface area contributed by atoms with E-state index in [0.717, 1.165) is 16.8 Å². The number of benzene rings is 1. The molecular weight excluding hydrogens is 361 g/mol. The first-order chi connectivity index (χ1) is 12.4. The van der Waals surface area contributed by atoms with Crippen LogP contribution in [0, 0.1) is 5.82 Å². The Balaban J connectivity index is 1.63. The van der Waals surface area contributed by atoms with E-state index in [0.29, 0.717) is 12.8 Å². The van der Waals surface area contributed by atoms with Crippen LogP contribution in [0.1, 0.15) is 12.8 Å². The van der Waals surface area contributed by atoms with Crippen molar-refractivity contribution in [3.05, 3.63) is 58.8 Å². The first-order valence-electron chi connectivity index (χ1n) is 8.17. The molecule has 1 aromatic heterocycles. The van der Waals surface area contributed by atoms with E-state index in [1.165, 1.54) is 35.4 Å². The fourth-order valence-electron chi connectivity index (χ4n) is 2.97. The number of carbonyl (C=O) groups excluding carboxylic acids is 1. The van der Waals surface area contributed by atoms with Gasteiger partial charge in [0.25, 0.3) is 5.56 Å². The summed E-state index contributed by atoms with van der Waals surface area (Å²) in [6.07, 6.45) is 2.02. The van der Waals surface area contributed by atoms with Crippen LogP contribution in [0.15, 0.2) is 52.3 Å². The Hall–Kier alpha value is -2.55. The van der Waals surface area contributed by atoms with Gasteiger partial charge in [0.05, 0.1) is 10.1 Å². The van der Waals surface area contributed by atoms with Gasteiger partial charge in [-0.3, -0.25) is 9.59 Å². The SMILES string of the molecule is O=C(Cn1ncccc1=O)N1CCC(S(=O)(=O)c2ccc(F)cc2)CC1. The van der Waals surface area contributed by atoms with Crippen molar-refractivity contribution in [2.75, 3.05) is 13.1 Å². The Bertz CT molecular complexity index is 948. The van der Waals surface area contributed by atoms with Gasteiger partial charge in [0.15, 0.2) is 9.84 Å². The standard InChI is InChI=1S/C17H18FN3O4S/c18-13-3-5-14(6-4-13)26(24,25)15-7-10-20(11-8-15)17(23)12-21-16(22)2-1-9-19-21/h1-6,9,15H,7-8,10-12H2. The average molecular weight is 379 g/mol. The van der Waals surface area contributed by atoms with Crippen LogP contribution < -0.4 is 5.56 Å². The third-order valence-electron chi connectivity index (χ3n) is 4.45. The van der Waals surface area contributed by atoms with Crippen molar-refractivity contribution in [3.8, 4) is 0 Å². The maximum absolute atomic E-state index is 13.0. The molecule has 1 aromatic carbocycles. The molecule has 1 aliphatic heterocycles. The number of nitrogens with zero attached hydrogens (tertiary/aromatic N) is 3. The highest BCUT2D eigenvalue weighted by molar-refractivity contribution is 7.92. The largest absolute Gasteiger partial charge is 0.341 e. The lowest BCUT2D eigenvalue weighted by molar-refractivity contribution is -0.132. The molecule has 1 amide bonds. The molecule has 0 radical (unpaired) electrons. The molecule has 26 heavy (non-hydrogen) atoms. The van der Waals surface area contributed by atoms with Gasteiger partial charge in [0, 0.05) is 25.4 Å². The smallest absolute Gasteiger partial charge is 0.267 e. The highest BCUT2D eigenvalue weighted by Gasteiger charge is 2.32. The van der Waals surface area contributed by atoms with Crippen molar-refractivity contribution in [3.63, 3.8) is 0 Å². The molecule has 0 unspecified atom stereocenters. The van der Waals surface area contributed by atoms with Crippen LogP contribution in [0.3, 0.4) is 0 Å². The van der Waals surface area contributed by atoms with E-state index in [9.17, 15) is 22.4 Å². The van der Waals surface area contributed by atoms with E-state index in [-0.39, 0.29) is 36.0 Å². The molecule has 7 nitrogen and oxygen atoms in total. The van der Waals surface area contributed by atoms with Crippen LogP contribution in [0.4, 0.5) is 4.39 Å². The molecule has 0 bridgehead atoms. The minimum atomic E-state index is -3.57. The summed E-state index contributed by atoms with van der Waals surface area (Å²) in [5.74, 6) is -0.766.